The molecule has 2 aliphatic rings. The predicted molar refractivity (Wildman–Crippen MR) is 244 cm³/mol. The third kappa shape index (κ3) is 8.34. The van der Waals surface area contributed by atoms with Gasteiger partial charge in [-0.05, 0) is 96.5 Å². The van der Waals surface area contributed by atoms with Gasteiger partial charge < -0.3 is 42.5 Å². The molecule has 0 spiro atoms. The van der Waals surface area contributed by atoms with E-state index in [1.807, 2.05) is 9.44 Å². The van der Waals surface area contributed by atoms with Crippen LogP contribution in [0.2, 0.25) is 0 Å². The van der Waals surface area contributed by atoms with Crippen molar-refractivity contribution in [1.29, 1.82) is 10.8 Å². The van der Waals surface area contributed by atoms with Gasteiger partial charge in [0.2, 0.25) is 11.6 Å². The highest BCUT2D eigenvalue weighted by atomic mass is 32.2. The second-order valence-electron chi connectivity index (χ2n) is 15.7. The lowest BCUT2D eigenvalue weighted by atomic mass is 9.75. The van der Waals surface area contributed by atoms with Gasteiger partial charge in [-0.3, -0.25) is 20.4 Å². The topological polar surface area (TPSA) is 331 Å². The number of aromatic hydroxyl groups is 2. The number of nitrogens with one attached hydrogen (secondary N) is 6. The number of hydrogen-bond donors (Lipinski definition) is 12. The molecule has 4 aromatic rings. The van der Waals surface area contributed by atoms with Crippen LogP contribution in [0, 0.1) is 36.5 Å². The highest BCUT2D eigenvalue weighted by Gasteiger charge is 2.38. The van der Waals surface area contributed by atoms with E-state index < -0.39 is 78.4 Å². The molecule has 0 heterocycles. The highest BCUT2D eigenvalue weighted by molar-refractivity contribution is 7.90. The van der Waals surface area contributed by atoms with E-state index in [0.717, 1.165) is 0 Å². The van der Waals surface area contributed by atoms with Gasteiger partial charge in [0.05, 0.1) is 20.9 Å². The SMILES string of the molecule is Cc1cc2c(c(O)c1-c1c(C)cc3c(c1O)/C(=C/Nc1ccc(S(=O)(=O)NC(=N)N)cc1)C(=O)C(O)=C3C(C)C)/C(=C/Nc1ccc(S(=O)(=O)NC(=N)N)cc1)C(=O)C(O)=C2C(C)C. The minimum Gasteiger partial charge on any atom is -0.507 e. The summed E-state index contributed by atoms with van der Waals surface area (Å²) in [5, 5.41) is 67.8. The minimum absolute atomic E-state index is 0.0128. The van der Waals surface area contributed by atoms with Crippen molar-refractivity contribution < 1.29 is 46.9 Å². The van der Waals surface area contributed by atoms with Crippen LogP contribution >= 0.6 is 0 Å². The highest BCUT2D eigenvalue weighted by Crippen LogP contribution is 2.53. The number of Topliss-reactive ketones (excluding diaryl/α,β-unsaturated/α-hetero) is 2. The van der Waals surface area contributed by atoms with Crippen LogP contribution in [-0.2, 0) is 29.6 Å². The molecule has 20 heteroatoms. The number of phenols is 2. The predicted octanol–water partition coefficient (Wildman–Crippen LogP) is 5.65. The Kier molecular flexibility index (Phi) is 12.2. The normalized spacial score (nSPS) is 15.4. The second-order valence-corrected chi connectivity index (χ2v) is 19.0. The van der Waals surface area contributed by atoms with Gasteiger partial charge in [0.25, 0.3) is 20.0 Å². The Morgan fingerprint density at radius 1 is 0.578 bits per heavy atom. The third-order valence-electron chi connectivity index (χ3n) is 10.5. The number of carbonyl (C=O) groups is 2. The molecule has 0 aromatic heterocycles. The van der Waals surface area contributed by atoms with Crippen molar-refractivity contribution in [3.8, 4) is 22.6 Å². The fraction of sp³-hybridized carbons (Fsp3) is 0.182. The van der Waals surface area contributed by atoms with Crippen LogP contribution in [0.3, 0.4) is 0 Å². The number of benzene rings is 4. The Hall–Kier alpha value is -7.58. The van der Waals surface area contributed by atoms with Crippen molar-refractivity contribution in [2.24, 2.45) is 23.3 Å². The number of aliphatic hydroxyl groups is 2. The summed E-state index contributed by atoms with van der Waals surface area (Å²) in [6, 6.07) is 13.8. The Balaban J connectivity index is 1.52. The molecule has 64 heavy (non-hydrogen) atoms. The molecule has 0 saturated carbocycles. The maximum absolute atomic E-state index is 14.0. The molecule has 2 aliphatic carbocycles. The molecule has 4 aromatic carbocycles. The van der Waals surface area contributed by atoms with E-state index >= 15 is 0 Å². The number of guanidine groups is 2. The molecule has 0 fully saturated rings. The van der Waals surface area contributed by atoms with E-state index in [0.29, 0.717) is 33.6 Å². The summed E-state index contributed by atoms with van der Waals surface area (Å²) in [6.45, 7) is 10.4. The Morgan fingerprint density at radius 2 is 0.891 bits per heavy atom. The smallest absolute Gasteiger partial charge is 0.264 e. The number of phenolic OH excluding ortho intramolecular Hbond substituents is 2. The third-order valence-corrected chi connectivity index (χ3v) is 13.3. The maximum atomic E-state index is 14.0. The Labute approximate surface area is 368 Å². The van der Waals surface area contributed by atoms with Gasteiger partial charge in [0.1, 0.15) is 11.5 Å². The molecule has 0 aliphatic heterocycles. The van der Waals surface area contributed by atoms with E-state index in [1.165, 1.54) is 60.9 Å². The molecular weight excluding hydrogens is 865 g/mol. The van der Waals surface area contributed by atoms with Crippen molar-refractivity contribution in [2.75, 3.05) is 10.6 Å². The van der Waals surface area contributed by atoms with Crippen LogP contribution in [0.5, 0.6) is 11.5 Å². The van der Waals surface area contributed by atoms with Gasteiger partial charge in [-0.1, -0.05) is 39.8 Å². The van der Waals surface area contributed by atoms with Crippen LogP contribution < -0.4 is 31.5 Å². The van der Waals surface area contributed by atoms with Crippen LogP contribution in [0.4, 0.5) is 11.4 Å². The van der Waals surface area contributed by atoms with E-state index in [4.69, 9.17) is 22.3 Å². The lowest BCUT2D eigenvalue weighted by Gasteiger charge is -2.29. The summed E-state index contributed by atoms with van der Waals surface area (Å²) in [5.74, 6) is -6.03. The molecular formula is C44H46N8O10S2. The monoisotopic (exact) mass is 910 g/mol. The molecule has 0 amide bonds. The first kappa shape index (κ1) is 45.9. The number of sulfonamides is 2. The van der Waals surface area contributed by atoms with Crippen LogP contribution in [0.15, 0.2) is 94.4 Å². The molecule has 0 bridgehead atoms. The maximum Gasteiger partial charge on any atom is 0.264 e. The van der Waals surface area contributed by atoms with Crippen LogP contribution in [-0.4, -0.2) is 60.7 Å². The van der Waals surface area contributed by atoms with Crippen molar-refractivity contribution in [2.45, 2.75) is 51.3 Å². The fourth-order valence-corrected chi connectivity index (χ4v) is 9.61. The molecule has 0 saturated heterocycles. The van der Waals surface area contributed by atoms with Gasteiger partial charge in [-0.15, -0.1) is 0 Å². The van der Waals surface area contributed by atoms with Gasteiger partial charge >= 0.3 is 0 Å². The molecule has 0 atom stereocenters. The molecule has 0 radical (unpaired) electrons. The Bertz CT molecular complexity index is 2850. The first-order valence-electron chi connectivity index (χ1n) is 19.5. The summed E-state index contributed by atoms with van der Waals surface area (Å²) >= 11 is 0. The number of carbonyl (C=O) groups excluding carboxylic acids is 2. The average Bonchev–Trinajstić information content (AvgIpc) is 3.19. The van der Waals surface area contributed by atoms with Crippen molar-refractivity contribution >= 4 is 77.2 Å². The van der Waals surface area contributed by atoms with Crippen molar-refractivity contribution in [1.82, 2.24) is 9.44 Å². The second kappa shape index (κ2) is 16.9. The van der Waals surface area contributed by atoms with E-state index in [9.17, 15) is 46.9 Å². The number of hydrogen-bond acceptors (Lipinski definition) is 14. The molecule has 18 nitrogen and oxygen atoms in total. The van der Waals surface area contributed by atoms with Gasteiger partial charge in [-0.2, -0.15) is 0 Å². The zero-order valence-electron chi connectivity index (χ0n) is 35.3. The van der Waals surface area contributed by atoms with Gasteiger partial charge in [-0.25, -0.2) is 26.3 Å². The number of aryl methyl sites for hydroxylation is 2. The fourth-order valence-electron chi connectivity index (χ4n) is 7.81. The van der Waals surface area contributed by atoms with Crippen molar-refractivity contribution in [3.63, 3.8) is 0 Å². The number of fused-ring (bicyclic) bond motifs is 2. The van der Waals surface area contributed by atoms with E-state index in [2.05, 4.69) is 10.6 Å². The van der Waals surface area contributed by atoms with Gasteiger partial charge in [0.15, 0.2) is 23.4 Å². The number of ketones is 2. The lowest BCUT2D eigenvalue weighted by Crippen LogP contribution is -2.35. The summed E-state index contributed by atoms with van der Waals surface area (Å²) in [6.07, 6.45) is 2.50. The standard InChI is InChI=1S/C44H46N8O10S2/c1-19(2)31-27-15-21(5)33(39(55)35(27)29(37(53)41(31)57)17-49-23-7-11-25(12-8-23)63(59,60)51-43(45)46)34-22(6)16-28-32(20(3)4)42(58)38(54)30(36(28)40(34)56)18-50-24-9-13-26(14-10-24)64(61,62)52-44(47)48/h7-20,49-50,55-58H,1-6H3,(H4,45,46,51)(H4,47,48,52)/b29-17-,30-18-. The van der Waals surface area contributed by atoms with Crippen LogP contribution in [0.25, 0.3) is 33.4 Å². The number of aliphatic hydroxyl groups excluding tert-OH is 2. The number of nitrogens with two attached hydrogens (primary N) is 2. The van der Waals surface area contributed by atoms with E-state index in [1.54, 1.807) is 53.7 Å². The minimum atomic E-state index is -4.14. The summed E-state index contributed by atoms with van der Waals surface area (Å²) in [4.78, 5) is 27.6. The van der Waals surface area contributed by atoms with Crippen LogP contribution in [0.1, 0.15) is 61.1 Å². The summed E-state index contributed by atoms with van der Waals surface area (Å²) < 4.78 is 53.8. The van der Waals surface area contributed by atoms with E-state index in [-0.39, 0.29) is 54.3 Å². The molecule has 6 rings (SSSR count). The molecule has 0 unspecified atom stereocenters. The number of rotatable bonds is 11. The number of allylic oxidation sites excluding steroid dienone is 4. The first-order valence-corrected chi connectivity index (χ1v) is 22.4. The summed E-state index contributed by atoms with van der Waals surface area (Å²) in [5.41, 5.74) is 12.9. The molecule has 14 N–H and O–H groups in total. The molecule has 334 valence electrons. The van der Waals surface area contributed by atoms with Crippen molar-refractivity contribution in [3.05, 3.63) is 118 Å². The Morgan fingerprint density at radius 3 is 1.17 bits per heavy atom. The number of anilines is 2. The zero-order chi connectivity index (χ0) is 47.3. The quantitative estimate of drug-likeness (QED) is 0.0492. The largest absolute Gasteiger partial charge is 0.507 e. The summed E-state index contributed by atoms with van der Waals surface area (Å²) in [7, 11) is -8.27. The average molecular weight is 911 g/mol. The lowest BCUT2D eigenvalue weighted by molar-refractivity contribution is -0.113. The zero-order valence-corrected chi connectivity index (χ0v) is 36.9. The first-order chi connectivity index (χ1) is 29.9. The van der Waals surface area contributed by atoms with Gasteiger partial charge in [0, 0.05) is 57.2 Å².